The fourth-order valence-corrected chi connectivity index (χ4v) is 9.64. The maximum absolute atomic E-state index is 17.0. The number of nitrogen functional groups attached to an aromatic ring is 1. The SMILES string of the molecule is Cc1cnn(C(=O)N2C3CCC2CN(c2nc(OC[C@@]45CCCN4C[C@H](F)C5)nc4c(F)c(-c5ccc(F)c6sc(N)nc56)c(Cl)cc24)C3)c1. The highest BCUT2D eigenvalue weighted by Gasteiger charge is 2.50. The minimum absolute atomic E-state index is 0.00620. The van der Waals surface area contributed by atoms with Gasteiger partial charge in [0.1, 0.15) is 29.9 Å². The zero-order valence-electron chi connectivity index (χ0n) is 27.1. The van der Waals surface area contributed by atoms with Crippen LogP contribution in [0.4, 0.5) is 28.9 Å². The number of halogens is 4. The molecule has 50 heavy (non-hydrogen) atoms. The van der Waals surface area contributed by atoms with Crippen molar-refractivity contribution in [2.75, 3.05) is 43.4 Å². The molecular formula is C34H33ClF3N9O2S. The Kier molecular flexibility index (Phi) is 7.41. The molecule has 16 heteroatoms. The molecule has 9 rings (SSSR count). The van der Waals surface area contributed by atoms with Crippen LogP contribution in [0.25, 0.3) is 32.2 Å². The van der Waals surface area contributed by atoms with Gasteiger partial charge in [-0.3, -0.25) is 4.90 Å². The Hall–Kier alpha value is -4.21. The number of rotatable bonds is 5. The minimum atomic E-state index is -0.943. The Morgan fingerprint density at radius 2 is 1.94 bits per heavy atom. The van der Waals surface area contributed by atoms with E-state index in [1.807, 2.05) is 16.7 Å². The van der Waals surface area contributed by atoms with Crippen LogP contribution in [0.15, 0.2) is 30.6 Å². The molecule has 1 amide bonds. The van der Waals surface area contributed by atoms with Crippen LogP contribution in [-0.2, 0) is 0 Å². The number of aryl methyl sites for hydroxylation is 1. The van der Waals surface area contributed by atoms with E-state index in [9.17, 15) is 13.6 Å². The number of carbonyl (C=O) groups excluding carboxylic acids is 1. The Morgan fingerprint density at radius 1 is 1.14 bits per heavy atom. The van der Waals surface area contributed by atoms with Crippen LogP contribution in [0.1, 0.15) is 37.7 Å². The van der Waals surface area contributed by atoms with Gasteiger partial charge < -0.3 is 20.3 Å². The van der Waals surface area contributed by atoms with Crippen molar-refractivity contribution >= 4 is 61.0 Å². The van der Waals surface area contributed by atoms with E-state index in [-0.39, 0.29) is 67.7 Å². The van der Waals surface area contributed by atoms with E-state index in [0.29, 0.717) is 37.3 Å². The van der Waals surface area contributed by atoms with Crippen molar-refractivity contribution in [2.45, 2.75) is 62.8 Å². The number of thiazole rings is 1. The zero-order chi connectivity index (χ0) is 34.5. The third-order valence-electron chi connectivity index (χ3n) is 10.8. The second kappa shape index (κ2) is 11.7. The molecule has 11 nitrogen and oxygen atoms in total. The summed E-state index contributed by atoms with van der Waals surface area (Å²) in [6.07, 6.45) is 6.09. The number of aromatic nitrogens is 5. The number of carbonyl (C=O) groups is 1. The number of anilines is 2. The molecule has 2 N–H and O–H groups in total. The summed E-state index contributed by atoms with van der Waals surface area (Å²) in [5.74, 6) is -0.834. The molecule has 260 valence electrons. The molecular weight excluding hydrogens is 691 g/mol. The predicted octanol–water partition coefficient (Wildman–Crippen LogP) is 6.20. The summed E-state index contributed by atoms with van der Waals surface area (Å²) in [7, 11) is 0. The lowest BCUT2D eigenvalue weighted by Gasteiger charge is -2.41. The Bertz CT molecular complexity index is 2180. The fourth-order valence-electron chi connectivity index (χ4n) is 8.58. The molecule has 3 aromatic heterocycles. The number of ether oxygens (including phenoxy) is 1. The number of nitrogens with zero attached hydrogens (tertiary/aromatic N) is 8. The van der Waals surface area contributed by atoms with Crippen molar-refractivity contribution in [1.29, 1.82) is 0 Å². The van der Waals surface area contributed by atoms with Crippen molar-refractivity contribution in [3.63, 3.8) is 0 Å². The molecule has 5 aromatic rings. The van der Waals surface area contributed by atoms with Gasteiger partial charge in [0.05, 0.1) is 39.1 Å². The topological polar surface area (TPSA) is 119 Å². The first-order chi connectivity index (χ1) is 24.1. The van der Waals surface area contributed by atoms with E-state index < -0.39 is 23.3 Å². The third kappa shape index (κ3) is 4.99. The Labute approximate surface area is 293 Å². The second-order valence-electron chi connectivity index (χ2n) is 13.9. The van der Waals surface area contributed by atoms with Gasteiger partial charge >= 0.3 is 12.0 Å². The molecule has 4 aliphatic rings. The summed E-state index contributed by atoms with van der Waals surface area (Å²) in [6.45, 7) is 4.08. The highest BCUT2D eigenvalue weighted by atomic mass is 35.5. The number of piperazine rings is 1. The van der Waals surface area contributed by atoms with E-state index in [1.54, 1.807) is 18.5 Å². The van der Waals surface area contributed by atoms with Crippen LogP contribution in [-0.4, -0.2) is 97.1 Å². The van der Waals surface area contributed by atoms with Crippen LogP contribution in [0.5, 0.6) is 6.01 Å². The molecule has 2 aromatic carbocycles. The van der Waals surface area contributed by atoms with Crippen molar-refractivity contribution in [3.05, 3.63) is 52.8 Å². The first kappa shape index (κ1) is 31.7. The van der Waals surface area contributed by atoms with Crippen molar-refractivity contribution < 1.29 is 22.7 Å². The van der Waals surface area contributed by atoms with E-state index >= 15 is 4.39 Å². The van der Waals surface area contributed by atoms with Gasteiger partial charge in [-0.15, -0.1) is 0 Å². The lowest BCUT2D eigenvalue weighted by atomic mass is 9.95. The standard InChI is InChI=1S/C34H33ClF3N9O2S/c1-17-11-40-46(12-17)33(48)47-19-3-4-20(47)15-44(14-19)30-22-9-23(35)25(21-5-6-24(37)29-28(21)41-31(39)50-29)26(38)27(22)42-32(43-30)49-16-34-7-2-8-45(34)13-18(36)10-34/h5-6,9,11-12,18-20H,2-4,7-8,10,13-16H2,1H3,(H2,39,41)/t18-,19?,20?,34+/m1/s1. The molecule has 4 saturated heterocycles. The molecule has 0 saturated carbocycles. The normalized spacial score (nSPS) is 24.9. The van der Waals surface area contributed by atoms with E-state index in [2.05, 4.69) is 20.0 Å². The quantitative estimate of drug-likeness (QED) is 0.226. The predicted molar refractivity (Wildman–Crippen MR) is 185 cm³/mol. The largest absolute Gasteiger partial charge is 0.461 e. The maximum Gasteiger partial charge on any atom is 0.345 e. The van der Waals surface area contributed by atoms with Gasteiger partial charge in [0.2, 0.25) is 0 Å². The molecule has 2 bridgehead atoms. The molecule has 7 heterocycles. The van der Waals surface area contributed by atoms with Gasteiger partial charge in [-0.25, -0.2) is 22.9 Å². The maximum atomic E-state index is 17.0. The van der Waals surface area contributed by atoms with Crippen molar-refractivity contribution in [2.24, 2.45) is 0 Å². The number of hydrogen-bond donors (Lipinski definition) is 1. The average Bonchev–Trinajstić information content (AvgIpc) is 3.89. The number of fused-ring (bicyclic) bond motifs is 5. The van der Waals surface area contributed by atoms with Crippen LogP contribution >= 0.6 is 22.9 Å². The molecule has 4 atom stereocenters. The van der Waals surface area contributed by atoms with Crippen molar-refractivity contribution in [3.8, 4) is 17.1 Å². The molecule has 4 fully saturated rings. The molecule has 0 spiro atoms. The van der Waals surface area contributed by atoms with E-state index in [1.165, 1.54) is 16.8 Å². The summed E-state index contributed by atoms with van der Waals surface area (Å²) < 4.78 is 54.1. The summed E-state index contributed by atoms with van der Waals surface area (Å²) in [4.78, 5) is 33.3. The highest BCUT2D eigenvalue weighted by molar-refractivity contribution is 7.22. The zero-order valence-corrected chi connectivity index (χ0v) is 28.7. The lowest BCUT2D eigenvalue weighted by molar-refractivity contribution is 0.107. The van der Waals surface area contributed by atoms with Gasteiger partial charge in [0.25, 0.3) is 0 Å². The average molecular weight is 724 g/mol. The number of hydrogen-bond acceptors (Lipinski definition) is 10. The first-order valence-corrected chi connectivity index (χ1v) is 17.9. The molecule has 0 aliphatic carbocycles. The Morgan fingerprint density at radius 3 is 2.70 bits per heavy atom. The van der Waals surface area contributed by atoms with Crippen molar-refractivity contribution in [1.82, 2.24) is 34.5 Å². The smallest absolute Gasteiger partial charge is 0.345 e. The molecule has 4 aliphatic heterocycles. The van der Waals surface area contributed by atoms with Gasteiger partial charge in [0.15, 0.2) is 10.9 Å². The minimum Gasteiger partial charge on any atom is -0.461 e. The number of benzene rings is 2. The summed E-state index contributed by atoms with van der Waals surface area (Å²) in [6, 6.07) is 3.81. The summed E-state index contributed by atoms with van der Waals surface area (Å²) >= 11 is 7.84. The molecule has 2 unspecified atom stereocenters. The van der Waals surface area contributed by atoms with Gasteiger partial charge in [0, 0.05) is 48.8 Å². The van der Waals surface area contributed by atoms with E-state index in [0.717, 1.165) is 49.1 Å². The highest BCUT2D eigenvalue weighted by Crippen LogP contribution is 2.45. The summed E-state index contributed by atoms with van der Waals surface area (Å²) in [5, 5.41) is 4.81. The van der Waals surface area contributed by atoms with Crippen LogP contribution in [0.2, 0.25) is 5.02 Å². The monoisotopic (exact) mass is 723 g/mol. The van der Waals surface area contributed by atoms with Crippen LogP contribution in [0, 0.1) is 18.6 Å². The number of alkyl halides is 1. The van der Waals surface area contributed by atoms with Crippen LogP contribution in [0.3, 0.4) is 0 Å². The number of amides is 1. The number of nitrogens with two attached hydrogens (primary N) is 1. The van der Waals surface area contributed by atoms with Crippen LogP contribution < -0.4 is 15.4 Å². The Balaban J connectivity index is 1.14. The molecule has 0 radical (unpaired) electrons. The van der Waals surface area contributed by atoms with Gasteiger partial charge in [-0.2, -0.15) is 19.7 Å². The van der Waals surface area contributed by atoms with E-state index in [4.69, 9.17) is 27.1 Å². The lowest BCUT2D eigenvalue weighted by Crippen LogP contribution is -2.57. The van der Waals surface area contributed by atoms with Gasteiger partial charge in [-0.05, 0) is 62.9 Å². The second-order valence-corrected chi connectivity index (χ2v) is 15.3. The fraction of sp³-hybridized carbons (Fsp3) is 0.441. The summed E-state index contributed by atoms with van der Waals surface area (Å²) in [5.41, 5.74) is 6.81. The first-order valence-electron chi connectivity index (χ1n) is 16.7. The third-order valence-corrected chi connectivity index (χ3v) is 12.0. The van der Waals surface area contributed by atoms with Gasteiger partial charge in [-0.1, -0.05) is 22.9 Å².